The Morgan fingerprint density at radius 2 is 1.71 bits per heavy atom. The fourth-order valence-corrected chi connectivity index (χ4v) is 3.83. The van der Waals surface area contributed by atoms with E-state index in [1.807, 2.05) is 7.05 Å². The predicted molar refractivity (Wildman–Crippen MR) is 97.9 cm³/mol. The number of halogens is 1. The van der Waals surface area contributed by atoms with Crippen molar-refractivity contribution >= 4 is 28.4 Å². The van der Waals surface area contributed by atoms with Crippen LogP contribution >= 0.6 is 22.6 Å². The Kier molecular flexibility index (Phi) is 6.71. The minimum absolute atomic E-state index is 0.556. The third-order valence-electron chi connectivity index (χ3n) is 4.25. The van der Waals surface area contributed by atoms with Crippen LogP contribution in [0.25, 0.3) is 0 Å². The standard InChI is InChI=1S/C17H28IN3/c1-12(2)11-14-15(18)17(19-3)21-16(20-14)13-9-7-5-4-6-8-10-13/h12-13H,4-11H2,1-3H3,(H,19,20,21). The number of aromatic nitrogens is 2. The summed E-state index contributed by atoms with van der Waals surface area (Å²) in [6.45, 7) is 4.51. The van der Waals surface area contributed by atoms with Gasteiger partial charge in [0.25, 0.3) is 0 Å². The van der Waals surface area contributed by atoms with E-state index in [2.05, 4.69) is 41.8 Å². The molecule has 1 N–H and O–H groups in total. The van der Waals surface area contributed by atoms with E-state index in [0.29, 0.717) is 11.8 Å². The van der Waals surface area contributed by atoms with Crippen molar-refractivity contribution in [3.05, 3.63) is 15.1 Å². The Labute approximate surface area is 142 Å². The van der Waals surface area contributed by atoms with Crippen LogP contribution in [0.2, 0.25) is 0 Å². The molecule has 4 heteroatoms. The lowest BCUT2D eigenvalue weighted by Gasteiger charge is -2.21. The van der Waals surface area contributed by atoms with Gasteiger partial charge in [0, 0.05) is 13.0 Å². The largest absolute Gasteiger partial charge is 0.372 e. The molecule has 1 aliphatic rings. The van der Waals surface area contributed by atoms with E-state index in [0.717, 1.165) is 18.1 Å². The fraction of sp³-hybridized carbons (Fsp3) is 0.765. The topological polar surface area (TPSA) is 37.8 Å². The van der Waals surface area contributed by atoms with E-state index >= 15 is 0 Å². The summed E-state index contributed by atoms with van der Waals surface area (Å²) in [5.41, 5.74) is 1.22. The van der Waals surface area contributed by atoms with Crippen LogP contribution in [0.15, 0.2) is 0 Å². The lowest BCUT2D eigenvalue weighted by molar-refractivity contribution is 0.441. The van der Waals surface area contributed by atoms with Gasteiger partial charge in [0.1, 0.15) is 11.6 Å². The second kappa shape index (κ2) is 8.30. The molecular formula is C17H28IN3. The van der Waals surface area contributed by atoms with E-state index in [1.54, 1.807) is 0 Å². The molecule has 1 fully saturated rings. The quantitative estimate of drug-likeness (QED) is 0.710. The molecule has 0 saturated heterocycles. The minimum atomic E-state index is 0.556. The molecule has 1 aromatic rings. The summed E-state index contributed by atoms with van der Waals surface area (Å²) in [6, 6.07) is 0. The van der Waals surface area contributed by atoms with Gasteiger partial charge in [0.05, 0.1) is 9.26 Å². The number of hydrogen-bond donors (Lipinski definition) is 1. The first-order valence-electron chi connectivity index (χ1n) is 8.36. The molecule has 0 bridgehead atoms. The normalized spacial score (nSPS) is 17.6. The van der Waals surface area contributed by atoms with Gasteiger partial charge in [0.15, 0.2) is 0 Å². The van der Waals surface area contributed by atoms with Crippen LogP contribution in [-0.4, -0.2) is 17.0 Å². The summed E-state index contributed by atoms with van der Waals surface area (Å²) in [5, 5.41) is 3.26. The molecule has 0 atom stereocenters. The Morgan fingerprint density at radius 3 is 2.29 bits per heavy atom. The number of rotatable bonds is 4. The lowest BCUT2D eigenvalue weighted by atomic mass is 9.90. The monoisotopic (exact) mass is 401 g/mol. The van der Waals surface area contributed by atoms with E-state index in [1.165, 1.54) is 54.2 Å². The zero-order valence-electron chi connectivity index (χ0n) is 13.6. The van der Waals surface area contributed by atoms with Crippen LogP contribution in [0.5, 0.6) is 0 Å². The number of hydrogen-bond acceptors (Lipinski definition) is 3. The van der Waals surface area contributed by atoms with E-state index in [4.69, 9.17) is 9.97 Å². The molecule has 0 radical (unpaired) electrons. The van der Waals surface area contributed by atoms with Gasteiger partial charge in [0.2, 0.25) is 0 Å². The summed E-state index contributed by atoms with van der Waals surface area (Å²) >= 11 is 2.39. The van der Waals surface area contributed by atoms with E-state index in [-0.39, 0.29) is 0 Å². The smallest absolute Gasteiger partial charge is 0.143 e. The maximum atomic E-state index is 4.96. The molecular weight excluding hydrogens is 373 g/mol. The molecule has 21 heavy (non-hydrogen) atoms. The van der Waals surface area contributed by atoms with Gasteiger partial charge in [-0.3, -0.25) is 0 Å². The molecule has 2 rings (SSSR count). The van der Waals surface area contributed by atoms with Gasteiger partial charge in [-0.1, -0.05) is 46.0 Å². The van der Waals surface area contributed by atoms with Crippen molar-refractivity contribution in [1.82, 2.24) is 9.97 Å². The Bertz CT molecular complexity index is 452. The van der Waals surface area contributed by atoms with Gasteiger partial charge < -0.3 is 5.32 Å². The molecule has 118 valence electrons. The summed E-state index contributed by atoms with van der Waals surface area (Å²) in [6.07, 6.45) is 10.4. The van der Waals surface area contributed by atoms with Crippen LogP contribution in [0.4, 0.5) is 5.82 Å². The van der Waals surface area contributed by atoms with Crippen LogP contribution in [0, 0.1) is 9.49 Å². The highest BCUT2D eigenvalue weighted by Gasteiger charge is 2.20. The van der Waals surface area contributed by atoms with E-state index < -0.39 is 0 Å². The van der Waals surface area contributed by atoms with Gasteiger partial charge in [-0.15, -0.1) is 0 Å². The minimum Gasteiger partial charge on any atom is -0.372 e. The summed E-state index contributed by atoms with van der Waals surface area (Å²) in [5.74, 6) is 3.28. The maximum absolute atomic E-state index is 4.96. The zero-order chi connectivity index (χ0) is 15.2. The molecule has 0 amide bonds. The third-order valence-corrected chi connectivity index (χ3v) is 5.38. The molecule has 0 spiro atoms. The molecule has 0 unspecified atom stereocenters. The average molecular weight is 401 g/mol. The summed E-state index contributed by atoms with van der Waals surface area (Å²) in [7, 11) is 1.96. The molecule has 1 heterocycles. The van der Waals surface area contributed by atoms with Crippen LogP contribution in [0.3, 0.4) is 0 Å². The Balaban J connectivity index is 2.28. The van der Waals surface area contributed by atoms with Gasteiger partial charge in [-0.05, 0) is 47.8 Å². The molecule has 1 saturated carbocycles. The highest BCUT2D eigenvalue weighted by molar-refractivity contribution is 14.1. The first-order valence-corrected chi connectivity index (χ1v) is 9.43. The van der Waals surface area contributed by atoms with Crippen LogP contribution in [-0.2, 0) is 6.42 Å². The SMILES string of the molecule is CNc1nc(C2CCCCCCC2)nc(CC(C)C)c1I. The van der Waals surface area contributed by atoms with Crippen molar-refractivity contribution < 1.29 is 0 Å². The first kappa shape index (κ1) is 17.0. The third kappa shape index (κ3) is 4.80. The van der Waals surface area contributed by atoms with Crippen molar-refractivity contribution in [3.63, 3.8) is 0 Å². The predicted octanol–water partition coefficient (Wildman–Crippen LogP) is 5.15. The fourth-order valence-electron chi connectivity index (χ4n) is 3.10. The van der Waals surface area contributed by atoms with Crippen molar-refractivity contribution in [1.29, 1.82) is 0 Å². The molecule has 1 aliphatic carbocycles. The summed E-state index contributed by atoms with van der Waals surface area (Å²) in [4.78, 5) is 9.78. The van der Waals surface area contributed by atoms with Crippen molar-refractivity contribution in [3.8, 4) is 0 Å². The van der Waals surface area contributed by atoms with Gasteiger partial charge in [-0.2, -0.15) is 0 Å². The molecule has 3 nitrogen and oxygen atoms in total. The van der Waals surface area contributed by atoms with Crippen LogP contribution < -0.4 is 5.32 Å². The highest BCUT2D eigenvalue weighted by atomic mass is 127. The second-order valence-corrected chi connectivity index (χ2v) is 7.66. The van der Waals surface area contributed by atoms with Gasteiger partial charge in [-0.25, -0.2) is 9.97 Å². The molecule has 0 aromatic carbocycles. The van der Waals surface area contributed by atoms with Crippen LogP contribution in [0.1, 0.15) is 76.2 Å². The average Bonchev–Trinajstić information content (AvgIpc) is 2.40. The Hall–Kier alpha value is -0.390. The number of anilines is 1. The summed E-state index contributed by atoms with van der Waals surface area (Å²) < 4.78 is 1.19. The number of nitrogens with zero attached hydrogens (tertiary/aromatic N) is 2. The van der Waals surface area contributed by atoms with Gasteiger partial charge >= 0.3 is 0 Å². The molecule has 1 aromatic heterocycles. The zero-order valence-corrected chi connectivity index (χ0v) is 15.7. The lowest BCUT2D eigenvalue weighted by Crippen LogP contribution is -2.13. The van der Waals surface area contributed by atoms with Crippen molar-refractivity contribution in [2.75, 3.05) is 12.4 Å². The van der Waals surface area contributed by atoms with Crippen molar-refractivity contribution in [2.45, 2.75) is 71.1 Å². The number of nitrogens with one attached hydrogen (secondary N) is 1. The van der Waals surface area contributed by atoms with Crippen molar-refractivity contribution in [2.24, 2.45) is 5.92 Å². The molecule has 0 aliphatic heterocycles. The van der Waals surface area contributed by atoms with E-state index in [9.17, 15) is 0 Å². The maximum Gasteiger partial charge on any atom is 0.143 e. The highest BCUT2D eigenvalue weighted by Crippen LogP contribution is 2.31. The Morgan fingerprint density at radius 1 is 1.10 bits per heavy atom. The first-order chi connectivity index (χ1) is 10.1. The second-order valence-electron chi connectivity index (χ2n) is 6.58.